The van der Waals surface area contributed by atoms with E-state index in [1.807, 2.05) is 18.2 Å². The molecule has 3 saturated carbocycles. The van der Waals surface area contributed by atoms with Gasteiger partial charge in [-0.3, -0.25) is 4.79 Å². The van der Waals surface area contributed by atoms with Crippen LogP contribution in [0.2, 0.25) is 0 Å². The summed E-state index contributed by atoms with van der Waals surface area (Å²) in [5.74, 6) is 5.20. The molecule has 0 aliphatic heterocycles. The Morgan fingerprint density at radius 3 is 2.53 bits per heavy atom. The Labute approximate surface area is 233 Å². The van der Waals surface area contributed by atoms with E-state index < -0.39 is 0 Å². The van der Waals surface area contributed by atoms with E-state index in [9.17, 15) is 4.79 Å². The summed E-state index contributed by atoms with van der Waals surface area (Å²) in [6.07, 6.45) is 18.4. The van der Waals surface area contributed by atoms with Crippen LogP contribution in [0.5, 0.6) is 0 Å². The number of aryl methyl sites for hydroxylation is 1. The van der Waals surface area contributed by atoms with Gasteiger partial charge in [0.2, 0.25) is 0 Å². The van der Waals surface area contributed by atoms with Gasteiger partial charge in [-0.05, 0) is 103 Å². The van der Waals surface area contributed by atoms with Crippen LogP contribution in [0, 0.1) is 46.3 Å². The van der Waals surface area contributed by atoms with Gasteiger partial charge in [-0.15, -0.1) is 0 Å². The highest BCUT2D eigenvalue weighted by Crippen LogP contribution is 2.67. The maximum absolute atomic E-state index is 12.7. The lowest BCUT2D eigenvalue weighted by molar-refractivity contribution is -0.151. The third-order valence-electron chi connectivity index (χ3n) is 12.0. The summed E-state index contributed by atoms with van der Waals surface area (Å²) in [6.45, 7) is 12.6. The molecule has 0 spiro atoms. The van der Waals surface area contributed by atoms with Crippen LogP contribution in [-0.4, -0.2) is 12.1 Å². The summed E-state index contributed by atoms with van der Waals surface area (Å²) in [6, 6.07) is 10.3. The molecule has 8 atom stereocenters. The molecule has 2 nitrogen and oxygen atoms in total. The molecule has 0 aromatic heterocycles. The van der Waals surface area contributed by atoms with Crippen molar-refractivity contribution in [1.82, 2.24) is 0 Å². The molecule has 0 bridgehead atoms. The Bertz CT molecular complexity index is 978. The first-order valence-electron chi connectivity index (χ1n) is 16.1. The summed E-state index contributed by atoms with van der Waals surface area (Å²) >= 11 is 0. The molecule has 38 heavy (non-hydrogen) atoms. The van der Waals surface area contributed by atoms with Crippen molar-refractivity contribution < 1.29 is 9.53 Å². The van der Waals surface area contributed by atoms with Crippen molar-refractivity contribution in [2.75, 3.05) is 0 Å². The van der Waals surface area contributed by atoms with E-state index in [-0.39, 0.29) is 12.1 Å². The molecule has 4 aliphatic carbocycles. The maximum Gasteiger partial charge on any atom is 0.306 e. The molecule has 1 aromatic carbocycles. The zero-order chi connectivity index (χ0) is 26.9. The fourth-order valence-corrected chi connectivity index (χ4v) is 9.89. The summed E-state index contributed by atoms with van der Waals surface area (Å²) in [5.41, 5.74) is 3.69. The summed E-state index contributed by atoms with van der Waals surface area (Å²) in [7, 11) is 0. The van der Waals surface area contributed by atoms with Gasteiger partial charge in [0.1, 0.15) is 6.10 Å². The van der Waals surface area contributed by atoms with Crippen LogP contribution in [0.3, 0.4) is 0 Å². The number of carbonyl (C=O) groups excluding carboxylic acids is 1. The third kappa shape index (κ3) is 5.53. The van der Waals surface area contributed by atoms with E-state index in [0.29, 0.717) is 17.3 Å². The number of fused-ring (bicyclic) bond motifs is 5. The first-order chi connectivity index (χ1) is 18.2. The molecule has 0 amide bonds. The zero-order valence-electron chi connectivity index (χ0n) is 25.0. The molecule has 1 aromatic rings. The minimum atomic E-state index is -0.0234. The van der Waals surface area contributed by atoms with Gasteiger partial charge in [-0.25, -0.2) is 0 Å². The van der Waals surface area contributed by atoms with Gasteiger partial charge in [-0.1, -0.05) is 95.9 Å². The average molecular weight is 519 g/mol. The van der Waals surface area contributed by atoms with Crippen LogP contribution in [0.4, 0.5) is 0 Å². The maximum atomic E-state index is 12.7. The minimum Gasteiger partial charge on any atom is -0.462 e. The molecule has 5 rings (SSSR count). The predicted octanol–water partition coefficient (Wildman–Crippen LogP) is 9.57. The molecular weight excluding hydrogens is 464 g/mol. The quantitative estimate of drug-likeness (QED) is 0.240. The number of carbonyl (C=O) groups is 1. The molecular formula is C36H54O2. The van der Waals surface area contributed by atoms with Crippen molar-refractivity contribution in [3.63, 3.8) is 0 Å². The van der Waals surface area contributed by atoms with E-state index in [0.717, 1.165) is 54.8 Å². The topological polar surface area (TPSA) is 26.3 Å². The van der Waals surface area contributed by atoms with Crippen LogP contribution in [0.1, 0.15) is 117 Å². The number of hydrogen-bond acceptors (Lipinski definition) is 2. The van der Waals surface area contributed by atoms with Crippen molar-refractivity contribution in [3.05, 3.63) is 47.5 Å². The lowest BCUT2D eigenvalue weighted by atomic mass is 9.47. The Morgan fingerprint density at radius 2 is 1.76 bits per heavy atom. The van der Waals surface area contributed by atoms with Gasteiger partial charge < -0.3 is 4.74 Å². The molecule has 0 saturated heterocycles. The highest BCUT2D eigenvalue weighted by Gasteiger charge is 2.59. The monoisotopic (exact) mass is 518 g/mol. The van der Waals surface area contributed by atoms with Gasteiger partial charge in [0.05, 0.1) is 0 Å². The van der Waals surface area contributed by atoms with Crippen LogP contribution in [0.25, 0.3) is 0 Å². The molecule has 0 radical (unpaired) electrons. The normalized spacial score (nSPS) is 37.1. The summed E-state index contributed by atoms with van der Waals surface area (Å²) < 4.78 is 6.04. The second-order valence-electron chi connectivity index (χ2n) is 14.6. The Balaban J connectivity index is 1.19. The molecule has 0 unspecified atom stereocenters. The number of benzene rings is 1. The number of hydrogen-bond donors (Lipinski definition) is 0. The predicted molar refractivity (Wildman–Crippen MR) is 158 cm³/mol. The molecule has 3 fully saturated rings. The highest BCUT2D eigenvalue weighted by molar-refractivity contribution is 5.70. The van der Waals surface area contributed by atoms with E-state index in [2.05, 4.69) is 52.8 Å². The van der Waals surface area contributed by atoms with Crippen LogP contribution in [0.15, 0.2) is 42.0 Å². The SMILES string of the molecule is CC(C)CCC[C@@H](C)[C@@H]1CC[C@@H]2[C@@H]3CC=C4C[C@@H](OC(=O)CCc5ccccc5)CC[C@]4(C)[C@@H]3CC[C@@]21C. The van der Waals surface area contributed by atoms with E-state index in [4.69, 9.17) is 4.74 Å². The van der Waals surface area contributed by atoms with Gasteiger partial charge in [0.15, 0.2) is 0 Å². The minimum absolute atomic E-state index is 0.0234. The molecule has 210 valence electrons. The van der Waals surface area contributed by atoms with Gasteiger partial charge in [-0.2, -0.15) is 0 Å². The van der Waals surface area contributed by atoms with Crippen molar-refractivity contribution in [2.24, 2.45) is 46.3 Å². The Kier molecular flexibility index (Phi) is 8.47. The first-order valence-corrected chi connectivity index (χ1v) is 16.1. The lowest BCUT2D eigenvalue weighted by Gasteiger charge is -2.58. The second kappa shape index (κ2) is 11.5. The average Bonchev–Trinajstić information content (AvgIpc) is 3.25. The largest absolute Gasteiger partial charge is 0.462 e. The molecule has 2 heteroatoms. The van der Waals surface area contributed by atoms with Crippen LogP contribution < -0.4 is 0 Å². The number of allylic oxidation sites excluding steroid dienone is 1. The number of esters is 1. The van der Waals surface area contributed by atoms with E-state index in [1.54, 1.807) is 5.57 Å². The van der Waals surface area contributed by atoms with Gasteiger partial charge >= 0.3 is 5.97 Å². The van der Waals surface area contributed by atoms with Crippen molar-refractivity contribution in [3.8, 4) is 0 Å². The van der Waals surface area contributed by atoms with Crippen LogP contribution >= 0.6 is 0 Å². The van der Waals surface area contributed by atoms with Crippen LogP contribution in [-0.2, 0) is 16.0 Å². The standard InChI is InChI=1S/C36H54O2/c1-25(2)10-9-11-26(3)31-17-18-32-30-16-15-28-24-29(38-34(37)19-14-27-12-7-6-8-13-27)20-22-35(28,4)33(30)21-23-36(31,32)5/h6-8,12-13,15,25-26,29-33H,9-11,14,16-24H2,1-5H3/t26-,29+,30+,31+,32-,33-,35+,36-/m1/s1. The smallest absolute Gasteiger partial charge is 0.306 e. The Hall–Kier alpha value is -1.57. The first kappa shape index (κ1) is 28.0. The zero-order valence-corrected chi connectivity index (χ0v) is 25.0. The number of rotatable bonds is 9. The Morgan fingerprint density at radius 1 is 0.974 bits per heavy atom. The molecule has 0 heterocycles. The van der Waals surface area contributed by atoms with E-state index in [1.165, 1.54) is 63.4 Å². The summed E-state index contributed by atoms with van der Waals surface area (Å²) in [4.78, 5) is 12.7. The second-order valence-corrected chi connectivity index (χ2v) is 14.6. The molecule has 0 N–H and O–H groups in total. The number of ether oxygens (including phenoxy) is 1. The van der Waals surface area contributed by atoms with Gasteiger partial charge in [0, 0.05) is 12.8 Å². The van der Waals surface area contributed by atoms with Gasteiger partial charge in [0.25, 0.3) is 0 Å². The van der Waals surface area contributed by atoms with Crippen molar-refractivity contribution >= 4 is 5.97 Å². The van der Waals surface area contributed by atoms with E-state index >= 15 is 0 Å². The lowest BCUT2D eigenvalue weighted by Crippen LogP contribution is -2.51. The fraction of sp³-hybridized carbons (Fsp3) is 0.750. The van der Waals surface area contributed by atoms with Crippen molar-refractivity contribution in [2.45, 2.75) is 124 Å². The summed E-state index contributed by atoms with van der Waals surface area (Å²) in [5, 5.41) is 0. The van der Waals surface area contributed by atoms with Crippen molar-refractivity contribution in [1.29, 1.82) is 0 Å². The highest BCUT2D eigenvalue weighted by atomic mass is 16.5. The third-order valence-corrected chi connectivity index (χ3v) is 12.0. The fourth-order valence-electron chi connectivity index (χ4n) is 9.89. The molecule has 4 aliphatic rings.